The van der Waals surface area contributed by atoms with Crippen LogP contribution in [-0.4, -0.2) is 48.1 Å². The van der Waals surface area contributed by atoms with E-state index in [4.69, 9.17) is 0 Å². The monoisotopic (exact) mass is 255 g/mol. The van der Waals surface area contributed by atoms with E-state index in [9.17, 15) is 4.79 Å². The van der Waals surface area contributed by atoms with E-state index < -0.39 is 0 Å². The summed E-state index contributed by atoms with van der Waals surface area (Å²) in [5, 5.41) is 6.20. The van der Waals surface area contributed by atoms with Crippen LogP contribution in [0.25, 0.3) is 0 Å². The summed E-state index contributed by atoms with van der Waals surface area (Å²) in [6.45, 7) is 12.7. The molecule has 0 aliphatic carbocycles. The molecule has 0 spiro atoms. The minimum absolute atomic E-state index is 0.0103. The zero-order chi connectivity index (χ0) is 14.0. The van der Waals surface area contributed by atoms with Gasteiger partial charge in [0.05, 0.1) is 6.04 Å². The SMILES string of the molecule is CNCCC1C(=O)NCCC(C)(C)N1C(C)(C)C. The number of hydrogen-bond donors (Lipinski definition) is 2. The zero-order valence-corrected chi connectivity index (χ0v) is 12.8. The molecule has 1 fully saturated rings. The van der Waals surface area contributed by atoms with Gasteiger partial charge in [-0.25, -0.2) is 0 Å². The third kappa shape index (κ3) is 3.45. The first-order valence-corrected chi connectivity index (χ1v) is 6.92. The Labute approximate surface area is 111 Å². The van der Waals surface area contributed by atoms with Gasteiger partial charge in [0.1, 0.15) is 0 Å². The fourth-order valence-electron chi connectivity index (χ4n) is 3.19. The first-order valence-electron chi connectivity index (χ1n) is 6.92. The Morgan fingerprint density at radius 3 is 2.56 bits per heavy atom. The highest BCUT2D eigenvalue weighted by Gasteiger charge is 2.43. The molecule has 1 atom stereocenters. The molecule has 4 nitrogen and oxygen atoms in total. The quantitative estimate of drug-likeness (QED) is 0.800. The summed E-state index contributed by atoms with van der Waals surface area (Å²) in [6, 6.07) is -0.0463. The minimum atomic E-state index is -0.0463. The lowest BCUT2D eigenvalue weighted by Crippen LogP contribution is -2.60. The van der Waals surface area contributed by atoms with E-state index in [1.807, 2.05) is 7.05 Å². The van der Waals surface area contributed by atoms with Crippen molar-refractivity contribution in [3.8, 4) is 0 Å². The standard InChI is InChI=1S/C14H29N3O/c1-13(2,3)17-11(7-9-15-6)12(18)16-10-8-14(17,4)5/h11,15H,7-10H2,1-6H3,(H,16,18). The molecule has 1 saturated heterocycles. The van der Waals surface area contributed by atoms with Gasteiger partial charge in [0.15, 0.2) is 0 Å². The largest absolute Gasteiger partial charge is 0.355 e. The first-order chi connectivity index (χ1) is 8.20. The summed E-state index contributed by atoms with van der Waals surface area (Å²) in [6.07, 6.45) is 1.84. The fourth-order valence-corrected chi connectivity index (χ4v) is 3.19. The smallest absolute Gasteiger partial charge is 0.237 e. The van der Waals surface area contributed by atoms with Crippen LogP contribution in [0.3, 0.4) is 0 Å². The second kappa shape index (κ2) is 5.57. The lowest BCUT2D eigenvalue weighted by molar-refractivity contribution is -0.130. The Kier molecular flexibility index (Phi) is 4.78. The van der Waals surface area contributed by atoms with Crippen molar-refractivity contribution in [3.05, 3.63) is 0 Å². The Bertz CT molecular complexity index is 294. The third-order valence-electron chi connectivity index (χ3n) is 3.69. The highest BCUT2D eigenvalue weighted by molar-refractivity contribution is 5.82. The molecular formula is C14H29N3O. The number of carbonyl (C=O) groups is 1. The molecule has 1 amide bonds. The zero-order valence-electron chi connectivity index (χ0n) is 12.8. The van der Waals surface area contributed by atoms with Crippen molar-refractivity contribution >= 4 is 5.91 Å². The molecular weight excluding hydrogens is 226 g/mol. The molecule has 1 unspecified atom stereocenters. The highest BCUT2D eigenvalue weighted by atomic mass is 16.2. The Hall–Kier alpha value is -0.610. The van der Waals surface area contributed by atoms with Gasteiger partial charge >= 0.3 is 0 Å². The number of hydrogen-bond acceptors (Lipinski definition) is 3. The predicted octanol–water partition coefficient (Wildman–Crippen LogP) is 1.36. The van der Waals surface area contributed by atoms with E-state index in [2.05, 4.69) is 50.2 Å². The summed E-state index contributed by atoms with van der Waals surface area (Å²) in [5.74, 6) is 0.172. The van der Waals surface area contributed by atoms with Crippen LogP contribution in [-0.2, 0) is 4.79 Å². The molecule has 0 bridgehead atoms. The molecule has 1 rings (SSSR count). The molecule has 1 aliphatic rings. The van der Waals surface area contributed by atoms with Crippen molar-refractivity contribution in [1.29, 1.82) is 0 Å². The summed E-state index contributed by atoms with van der Waals surface area (Å²) >= 11 is 0. The van der Waals surface area contributed by atoms with E-state index >= 15 is 0 Å². The lowest BCUT2D eigenvalue weighted by atomic mass is 9.89. The number of nitrogens with zero attached hydrogens (tertiary/aromatic N) is 1. The molecule has 2 N–H and O–H groups in total. The van der Waals surface area contributed by atoms with Gasteiger partial charge < -0.3 is 10.6 Å². The maximum absolute atomic E-state index is 12.3. The molecule has 0 aromatic heterocycles. The van der Waals surface area contributed by atoms with Gasteiger partial charge in [0, 0.05) is 17.6 Å². The highest BCUT2D eigenvalue weighted by Crippen LogP contribution is 2.32. The minimum Gasteiger partial charge on any atom is -0.355 e. The lowest BCUT2D eigenvalue weighted by Gasteiger charge is -2.49. The van der Waals surface area contributed by atoms with Crippen molar-refractivity contribution in [2.75, 3.05) is 20.1 Å². The van der Waals surface area contributed by atoms with Crippen LogP contribution in [0.5, 0.6) is 0 Å². The first kappa shape index (κ1) is 15.4. The average Bonchev–Trinajstić information content (AvgIpc) is 2.31. The summed E-state index contributed by atoms with van der Waals surface area (Å²) < 4.78 is 0. The number of amides is 1. The molecule has 0 saturated carbocycles. The predicted molar refractivity (Wildman–Crippen MR) is 75.6 cm³/mol. The molecule has 1 aliphatic heterocycles. The van der Waals surface area contributed by atoms with Gasteiger partial charge in [-0.15, -0.1) is 0 Å². The van der Waals surface area contributed by atoms with Crippen LogP contribution in [0.4, 0.5) is 0 Å². The van der Waals surface area contributed by atoms with Gasteiger partial charge in [0.2, 0.25) is 5.91 Å². The molecule has 1 heterocycles. The van der Waals surface area contributed by atoms with Gasteiger partial charge in [-0.1, -0.05) is 0 Å². The molecule has 0 radical (unpaired) electrons. The van der Waals surface area contributed by atoms with E-state index in [0.717, 1.165) is 25.9 Å². The molecule has 4 heteroatoms. The average molecular weight is 255 g/mol. The fraction of sp³-hybridized carbons (Fsp3) is 0.929. The van der Waals surface area contributed by atoms with E-state index in [-0.39, 0.29) is 23.0 Å². The van der Waals surface area contributed by atoms with Crippen molar-refractivity contribution in [2.24, 2.45) is 0 Å². The van der Waals surface area contributed by atoms with Crippen molar-refractivity contribution in [3.63, 3.8) is 0 Å². The van der Waals surface area contributed by atoms with Crippen LogP contribution < -0.4 is 10.6 Å². The van der Waals surface area contributed by atoms with Gasteiger partial charge in [0.25, 0.3) is 0 Å². The summed E-state index contributed by atoms with van der Waals surface area (Å²) in [4.78, 5) is 14.7. The Balaban J connectivity index is 3.06. The van der Waals surface area contributed by atoms with Crippen LogP contribution in [0.1, 0.15) is 47.5 Å². The van der Waals surface area contributed by atoms with E-state index in [0.29, 0.717) is 0 Å². The summed E-state index contributed by atoms with van der Waals surface area (Å²) in [7, 11) is 1.93. The topological polar surface area (TPSA) is 44.4 Å². The molecule has 0 aromatic carbocycles. The number of nitrogens with one attached hydrogen (secondary N) is 2. The van der Waals surface area contributed by atoms with Gasteiger partial charge in [-0.2, -0.15) is 0 Å². The van der Waals surface area contributed by atoms with Gasteiger partial charge in [-0.05, 0) is 61.1 Å². The van der Waals surface area contributed by atoms with Crippen LogP contribution >= 0.6 is 0 Å². The van der Waals surface area contributed by atoms with Gasteiger partial charge in [-0.3, -0.25) is 9.69 Å². The van der Waals surface area contributed by atoms with Crippen molar-refractivity contribution in [1.82, 2.24) is 15.5 Å². The van der Waals surface area contributed by atoms with Crippen LogP contribution in [0.2, 0.25) is 0 Å². The van der Waals surface area contributed by atoms with Crippen LogP contribution in [0, 0.1) is 0 Å². The molecule has 18 heavy (non-hydrogen) atoms. The third-order valence-corrected chi connectivity index (χ3v) is 3.69. The van der Waals surface area contributed by atoms with Crippen molar-refractivity contribution < 1.29 is 4.79 Å². The van der Waals surface area contributed by atoms with Crippen molar-refractivity contribution in [2.45, 2.75) is 64.6 Å². The van der Waals surface area contributed by atoms with E-state index in [1.165, 1.54) is 0 Å². The Morgan fingerprint density at radius 1 is 1.44 bits per heavy atom. The van der Waals surface area contributed by atoms with Crippen LogP contribution in [0.15, 0.2) is 0 Å². The number of carbonyl (C=O) groups excluding carboxylic acids is 1. The summed E-state index contributed by atoms with van der Waals surface area (Å²) in [5.41, 5.74) is 0.0272. The Morgan fingerprint density at radius 2 is 2.06 bits per heavy atom. The van der Waals surface area contributed by atoms with E-state index in [1.54, 1.807) is 0 Å². The normalized spacial score (nSPS) is 25.7. The maximum Gasteiger partial charge on any atom is 0.237 e. The molecule has 0 aromatic rings. The molecule has 106 valence electrons. The number of rotatable bonds is 3. The second-order valence-electron chi connectivity index (χ2n) is 6.80. The second-order valence-corrected chi connectivity index (χ2v) is 6.80. The maximum atomic E-state index is 12.3.